The molecule has 0 aliphatic rings. The van der Waals surface area contributed by atoms with E-state index in [9.17, 15) is 0 Å². The lowest BCUT2D eigenvalue weighted by Gasteiger charge is -2.13. The van der Waals surface area contributed by atoms with Crippen LogP contribution < -0.4 is 21.5 Å². The molecule has 1 aromatic rings. The molecule has 5 N–H and O–H groups in total. The van der Waals surface area contributed by atoms with Crippen LogP contribution in [-0.2, 0) is 0 Å². The van der Waals surface area contributed by atoms with Gasteiger partial charge < -0.3 is 21.5 Å². The summed E-state index contributed by atoms with van der Waals surface area (Å²) in [6.07, 6.45) is 0. The van der Waals surface area contributed by atoms with Crippen LogP contribution in [0.2, 0.25) is 5.02 Å². The monoisotopic (exact) mass is 229 g/mol. The predicted molar refractivity (Wildman–Crippen MR) is 63.5 cm³/mol. The Morgan fingerprint density at radius 3 is 2.80 bits per heavy atom. The summed E-state index contributed by atoms with van der Waals surface area (Å²) in [7, 11) is 1.60. The van der Waals surface area contributed by atoms with Crippen molar-refractivity contribution in [1.82, 2.24) is 0 Å². The second-order valence-corrected chi connectivity index (χ2v) is 3.63. The molecular formula is C10H16ClN3O. The van der Waals surface area contributed by atoms with Crippen LogP contribution in [0.4, 0.5) is 5.69 Å². The lowest BCUT2D eigenvalue weighted by molar-refractivity contribution is 0.415. The summed E-state index contributed by atoms with van der Waals surface area (Å²) in [6.45, 7) is 1.04. The number of nitrogens with two attached hydrogens (primary N) is 2. The van der Waals surface area contributed by atoms with Crippen LogP contribution in [0.25, 0.3) is 0 Å². The molecule has 1 aromatic carbocycles. The number of methoxy groups -OCH3 is 1. The normalized spacial score (nSPS) is 12.3. The van der Waals surface area contributed by atoms with Crippen molar-refractivity contribution in [3.05, 3.63) is 23.2 Å². The zero-order chi connectivity index (χ0) is 11.3. The Bertz CT molecular complexity index is 320. The molecule has 0 aromatic heterocycles. The van der Waals surface area contributed by atoms with Crippen LogP contribution in [0.1, 0.15) is 0 Å². The molecule has 0 saturated carbocycles. The Morgan fingerprint density at radius 1 is 1.53 bits per heavy atom. The molecule has 0 spiro atoms. The van der Waals surface area contributed by atoms with E-state index in [1.807, 2.05) is 12.1 Å². The Balaban J connectivity index is 2.62. The van der Waals surface area contributed by atoms with Crippen molar-refractivity contribution in [3.63, 3.8) is 0 Å². The van der Waals surface area contributed by atoms with Gasteiger partial charge in [-0.3, -0.25) is 0 Å². The molecule has 5 heteroatoms. The molecule has 1 atom stereocenters. The van der Waals surface area contributed by atoms with Crippen LogP contribution in [0.15, 0.2) is 18.2 Å². The van der Waals surface area contributed by atoms with Gasteiger partial charge in [0.25, 0.3) is 0 Å². The molecule has 1 unspecified atom stereocenters. The predicted octanol–water partition coefficient (Wildman–Crippen LogP) is 1.05. The van der Waals surface area contributed by atoms with E-state index in [1.165, 1.54) is 0 Å². The zero-order valence-electron chi connectivity index (χ0n) is 8.66. The Labute approximate surface area is 94.5 Å². The van der Waals surface area contributed by atoms with Gasteiger partial charge in [-0.2, -0.15) is 0 Å². The minimum Gasteiger partial charge on any atom is -0.497 e. The summed E-state index contributed by atoms with van der Waals surface area (Å²) in [5.41, 5.74) is 11.9. The smallest absolute Gasteiger partial charge is 0.120 e. The summed E-state index contributed by atoms with van der Waals surface area (Å²) < 4.78 is 5.04. The zero-order valence-corrected chi connectivity index (χ0v) is 9.42. The first-order valence-corrected chi connectivity index (χ1v) is 5.08. The molecule has 1 rings (SSSR count). The average Bonchev–Trinajstić information content (AvgIpc) is 2.26. The molecule has 0 bridgehead atoms. The average molecular weight is 230 g/mol. The highest BCUT2D eigenvalue weighted by molar-refractivity contribution is 6.33. The number of ether oxygens (including phenoxy) is 1. The van der Waals surface area contributed by atoms with E-state index in [-0.39, 0.29) is 6.04 Å². The van der Waals surface area contributed by atoms with E-state index >= 15 is 0 Å². The van der Waals surface area contributed by atoms with Gasteiger partial charge in [0.15, 0.2) is 0 Å². The molecule has 15 heavy (non-hydrogen) atoms. The highest BCUT2D eigenvalue weighted by Gasteiger charge is 2.03. The molecule has 0 heterocycles. The van der Waals surface area contributed by atoms with E-state index in [1.54, 1.807) is 13.2 Å². The van der Waals surface area contributed by atoms with Crippen LogP contribution in [0.3, 0.4) is 0 Å². The van der Waals surface area contributed by atoms with Crippen LogP contribution in [0.5, 0.6) is 5.75 Å². The van der Waals surface area contributed by atoms with Gasteiger partial charge in [-0.1, -0.05) is 11.6 Å². The lowest BCUT2D eigenvalue weighted by Crippen LogP contribution is -2.36. The number of hydrogen-bond acceptors (Lipinski definition) is 4. The highest BCUT2D eigenvalue weighted by atomic mass is 35.5. The van der Waals surface area contributed by atoms with Crippen molar-refractivity contribution < 1.29 is 4.74 Å². The van der Waals surface area contributed by atoms with E-state index in [0.29, 0.717) is 18.1 Å². The van der Waals surface area contributed by atoms with Crippen molar-refractivity contribution in [2.24, 2.45) is 11.5 Å². The van der Waals surface area contributed by atoms with Gasteiger partial charge in [-0.25, -0.2) is 0 Å². The van der Waals surface area contributed by atoms with Crippen molar-refractivity contribution >= 4 is 17.3 Å². The van der Waals surface area contributed by atoms with Crippen molar-refractivity contribution in [2.75, 3.05) is 25.5 Å². The van der Waals surface area contributed by atoms with Gasteiger partial charge in [-0.05, 0) is 12.1 Å². The van der Waals surface area contributed by atoms with Gasteiger partial charge in [0.1, 0.15) is 5.75 Å². The minimum atomic E-state index is -0.0665. The maximum absolute atomic E-state index is 6.02. The maximum atomic E-state index is 6.02. The SMILES string of the molecule is COc1ccc(NCC(N)CN)c(Cl)c1. The summed E-state index contributed by atoms with van der Waals surface area (Å²) in [5, 5.41) is 3.73. The van der Waals surface area contributed by atoms with E-state index in [2.05, 4.69) is 5.32 Å². The molecule has 4 nitrogen and oxygen atoms in total. The Kier molecular flexibility index (Phi) is 4.68. The van der Waals surface area contributed by atoms with Crippen LogP contribution >= 0.6 is 11.6 Å². The lowest BCUT2D eigenvalue weighted by atomic mass is 10.2. The second kappa shape index (κ2) is 5.80. The third kappa shape index (κ3) is 3.58. The molecule has 0 saturated heterocycles. The number of nitrogens with one attached hydrogen (secondary N) is 1. The number of anilines is 1. The van der Waals surface area contributed by atoms with E-state index < -0.39 is 0 Å². The van der Waals surface area contributed by atoms with Crippen LogP contribution in [0, 0.1) is 0 Å². The fraction of sp³-hybridized carbons (Fsp3) is 0.400. The van der Waals surface area contributed by atoms with Gasteiger partial charge in [0, 0.05) is 25.2 Å². The third-order valence-electron chi connectivity index (χ3n) is 2.03. The van der Waals surface area contributed by atoms with Gasteiger partial charge in [0.05, 0.1) is 17.8 Å². The summed E-state index contributed by atoms with van der Waals surface area (Å²) >= 11 is 6.02. The topological polar surface area (TPSA) is 73.3 Å². The number of rotatable bonds is 5. The quantitative estimate of drug-likeness (QED) is 0.706. The standard InChI is InChI=1S/C10H16ClN3O/c1-15-8-2-3-10(9(11)4-8)14-6-7(13)5-12/h2-4,7,14H,5-6,12-13H2,1H3. The first-order valence-electron chi connectivity index (χ1n) is 4.70. The number of benzene rings is 1. The van der Waals surface area contributed by atoms with Gasteiger partial charge >= 0.3 is 0 Å². The first kappa shape index (κ1) is 12.1. The molecular weight excluding hydrogens is 214 g/mol. The second-order valence-electron chi connectivity index (χ2n) is 3.22. The van der Waals surface area contributed by atoms with E-state index in [4.69, 9.17) is 27.8 Å². The fourth-order valence-corrected chi connectivity index (χ4v) is 1.33. The van der Waals surface area contributed by atoms with Crippen molar-refractivity contribution in [3.8, 4) is 5.75 Å². The first-order chi connectivity index (χ1) is 7.17. The number of halogens is 1. The minimum absolute atomic E-state index is 0.0665. The highest BCUT2D eigenvalue weighted by Crippen LogP contribution is 2.26. The molecule has 0 amide bonds. The molecule has 0 radical (unpaired) electrons. The van der Waals surface area contributed by atoms with Crippen molar-refractivity contribution in [2.45, 2.75) is 6.04 Å². The largest absolute Gasteiger partial charge is 0.497 e. The summed E-state index contributed by atoms with van der Waals surface area (Å²) in [4.78, 5) is 0. The molecule has 0 aliphatic heterocycles. The van der Waals surface area contributed by atoms with E-state index in [0.717, 1.165) is 11.4 Å². The molecule has 0 aliphatic carbocycles. The third-order valence-corrected chi connectivity index (χ3v) is 2.35. The van der Waals surface area contributed by atoms with Crippen molar-refractivity contribution in [1.29, 1.82) is 0 Å². The van der Waals surface area contributed by atoms with Gasteiger partial charge in [-0.15, -0.1) is 0 Å². The fourth-order valence-electron chi connectivity index (χ4n) is 1.09. The maximum Gasteiger partial charge on any atom is 0.120 e. The summed E-state index contributed by atoms with van der Waals surface area (Å²) in [5.74, 6) is 0.730. The summed E-state index contributed by atoms with van der Waals surface area (Å²) in [6, 6.07) is 5.37. The van der Waals surface area contributed by atoms with Gasteiger partial charge in [0.2, 0.25) is 0 Å². The Morgan fingerprint density at radius 2 is 2.27 bits per heavy atom. The molecule has 0 fully saturated rings. The van der Waals surface area contributed by atoms with Crippen LogP contribution in [-0.4, -0.2) is 26.2 Å². The molecule has 84 valence electrons. The number of hydrogen-bond donors (Lipinski definition) is 3. The Hall–Kier alpha value is -0.970.